The molecule has 1 aromatic carbocycles. The minimum Gasteiger partial charge on any atom is -0.491 e. The van der Waals surface area contributed by atoms with E-state index in [1.165, 1.54) is 0 Å². The number of nitrogens with zero attached hydrogens (tertiary/aromatic N) is 1. The number of rotatable bonds is 9. The van der Waals surface area contributed by atoms with E-state index in [0.29, 0.717) is 12.6 Å². The molecule has 0 atom stereocenters. The first-order valence-corrected chi connectivity index (χ1v) is 10.7. The van der Waals surface area contributed by atoms with Crippen LogP contribution < -0.4 is 19.7 Å². The van der Waals surface area contributed by atoms with Gasteiger partial charge in [0, 0.05) is 29.6 Å². The summed E-state index contributed by atoms with van der Waals surface area (Å²) in [6.07, 6.45) is 0. The zero-order chi connectivity index (χ0) is 20.0. The van der Waals surface area contributed by atoms with Crippen LogP contribution >= 0.6 is 23.6 Å². The van der Waals surface area contributed by atoms with Crippen LogP contribution in [0.15, 0.2) is 24.3 Å². The summed E-state index contributed by atoms with van der Waals surface area (Å²) in [7, 11) is 1.70. The van der Waals surface area contributed by atoms with Gasteiger partial charge in [0.25, 0.3) is 0 Å². The molecule has 0 fully saturated rings. The van der Waals surface area contributed by atoms with Crippen LogP contribution in [-0.2, 0) is 0 Å². The van der Waals surface area contributed by atoms with E-state index in [-0.39, 0.29) is 0 Å². The van der Waals surface area contributed by atoms with E-state index in [2.05, 4.69) is 62.2 Å². The molecule has 0 spiro atoms. The molecule has 1 aromatic heterocycles. The smallest absolute Gasteiger partial charge is 0.184 e. The summed E-state index contributed by atoms with van der Waals surface area (Å²) >= 11 is 7.18. The van der Waals surface area contributed by atoms with Crippen LogP contribution in [0.1, 0.15) is 39.5 Å². The molecular formula is C21H30N2O2S2. The van der Waals surface area contributed by atoms with Crippen molar-refractivity contribution in [2.75, 3.05) is 31.7 Å². The van der Waals surface area contributed by atoms with Crippen molar-refractivity contribution in [1.82, 2.24) is 5.32 Å². The normalized spacial score (nSPS) is 10.8. The van der Waals surface area contributed by atoms with Gasteiger partial charge in [0.1, 0.15) is 4.99 Å². The Morgan fingerprint density at radius 2 is 1.81 bits per heavy atom. The van der Waals surface area contributed by atoms with E-state index in [4.69, 9.17) is 21.7 Å². The SMILES string of the molecule is CCOc1c(-c2ccc(C(=S)NC(C)C)s2)ccc(N(CC)CC)c1OC. The molecule has 1 heterocycles. The zero-order valence-electron chi connectivity index (χ0n) is 17.1. The van der Waals surface area contributed by atoms with Gasteiger partial charge in [-0.3, -0.25) is 0 Å². The molecule has 2 aromatic rings. The summed E-state index contributed by atoms with van der Waals surface area (Å²) < 4.78 is 11.8. The summed E-state index contributed by atoms with van der Waals surface area (Å²) in [4.78, 5) is 5.23. The summed E-state index contributed by atoms with van der Waals surface area (Å²) in [5, 5.41) is 3.30. The van der Waals surface area contributed by atoms with E-state index >= 15 is 0 Å². The largest absolute Gasteiger partial charge is 0.491 e. The van der Waals surface area contributed by atoms with Gasteiger partial charge >= 0.3 is 0 Å². The number of nitrogens with one attached hydrogen (secondary N) is 1. The molecule has 0 saturated carbocycles. The van der Waals surface area contributed by atoms with Gasteiger partial charge in [-0.05, 0) is 58.9 Å². The standard InChI is InChI=1S/C21H30N2O2S2/c1-7-23(8-2)16-11-10-15(19(25-9-3)20(16)24-6)17-12-13-18(27-17)21(26)22-14(4)5/h10-14H,7-9H2,1-6H3,(H,22,26). The molecule has 0 aliphatic rings. The Kier molecular flexibility index (Phi) is 7.92. The van der Waals surface area contributed by atoms with Crippen LogP contribution in [0.3, 0.4) is 0 Å². The Morgan fingerprint density at radius 3 is 2.37 bits per heavy atom. The van der Waals surface area contributed by atoms with Crippen LogP contribution in [0, 0.1) is 0 Å². The molecule has 0 unspecified atom stereocenters. The third-order valence-electron chi connectivity index (χ3n) is 4.20. The van der Waals surface area contributed by atoms with E-state index in [9.17, 15) is 0 Å². The maximum Gasteiger partial charge on any atom is 0.184 e. The molecule has 0 aliphatic heterocycles. The van der Waals surface area contributed by atoms with E-state index in [1.807, 2.05) is 6.92 Å². The Balaban J connectivity index is 2.51. The average Bonchev–Trinajstić information content (AvgIpc) is 3.12. The topological polar surface area (TPSA) is 33.7 Å². The molecule has 0 bridgehead atoms. The van der Waals surface area contributed by atoms with Crippen LogP contribution in [0.25, 0.3) is 10.4 Å². The van der Waals surface area contributed by atoms with Crippen molar-refractivity contribution < 1.29 is 9.47 Å². The molecule has 0 aliphatic carbocycles. The van der Waals surface area contributed by atoms with Gasteiger partial charge in [0.05, 0.1) is 24.3 Å². The number of ether oxygens (including phenoxy) is 2. The number of thiocarbonyl (C=S) groups is 1. The molecule has 0 saturated heterocycles. The van der Waals surface area contributed by atoms with Gasteiger partial charge in [0.2, 0.25) is 0 Å². The summed E-state index contributed by atoms with van der Waals surface area (Å²) in [6, 6.07) is 8.72. The van der Waals surface area contributed by atoms with Crippen molar-refractivity contribution in [2.24, 2.45) is 0 Å². The second kappa shape index (κ2) is 9.95. The first-order valence-electron chi connectivity index (χ1n) is 9.46. The second-order valence-electron chi connectivity index (χ2n) is 6.39. The summed E-state index contributed by atoms with van der Waals surface area (Å²) in [5.74, 6) is 1.58. The number of hydrogen-bond donors (Lipinski definition) is 1. The van der Waals surface area contributed by atoms with Gasteiger partial charge in [-0.2, -0.15) is 0 Å². The van der Waals surface area contributed by atoms with Gasteiger partial charge in [0.15, 0.2) is 11.5 Å². The molecule has 0 amide bonds. The molecule has 1 N–H and O–H groups in total. The maximum absolute atomic E-state index is 6.03. The van der Waals surface area contributed by atoms with Crippen molar-refractivity contribution in [3.05, 3.63) is 29.1 Å². The van der Waals surface area contributed by atoms with Gasteiger partial charge < -0.3 is 19.7 Å². The quantitative estimate of drug-likeness (QED) is 0.568. The van der Waals surface area contributed by atoms with Crippen molar-refractivity contribution >= 4 is 34.2 Å². The highest BCUT2D eigenvalue weighted by atomic mass is 32.1. The molecule has 27 heavy (non-hydrogen) atoms. The fourth-order valence-electron chi connectivity index (χ4n) is 2.98. The zero-order valence-corrected chi connectivity index (χ0v) is 18.7. The van der Waals surface area contributed by atoms with E-state index < -0.39 is 0 Å². The van der Waals surface area contributed by atoms with Crippen LogP contribution in [0.5, 0.6) is 11.5 Å². The minimum atomic E-state index is 0.315. The third kappa shape index (κ3) is 4.93. The first kappa shape index (κ1) is 21.5. The molecule has 148 valence electrons. The summed E-state index contributed by atoms with van der Waals surface area (Å²) in [5.41, 5.74) is 2.09. The highest BCUT2D eigenvalue weighted by molar-refractivity contribution is 7.81. The Labute approximate surface area is 172 Å². The van der Waals surface area contributed by atoms with Crippen molar-refractivity contribution in [1.29, 1.82) is 0 Å². The lowest BCUT2D eigenvalue weighted by atomic mass is 10.1. The molecule has 0 radical (unpaired) electrons. The predicted molar refractivity (Wildman–Crippen MR) is 121 cm³/mol. The maximum atomic E-state index is 6.03. The molecule has 6 heteroatoms. The predicted octanol–water partition coefficient (Wildman–Crippen LogP) is 5.34. The van der Waals surface area contributed by atoms with Crippen molar-refractivity contribution in [2.45, 2.75) is 40.7 Å². The highest BCUT2D eigenvalue weighted by Gasteiger charge is 2.21. The lowest BCUT2D eigenvalue weighted by Gasteiger charge is -2.25. The average molecular weight is 407 g/mol. The third-order valence-corrected chi connectivity index (χ3v) is 5.81. The van der Waals surface area contributed by atoms with Gasteiger partial charge in [-0.15, -0.1) is 11.3 Å². The first-order chi connectivity index (χ1) is 13.0. The molecule has 2 rings (SSSR count). The van der Waals surface area contributed by atoms with Gasteiger partial charge in [-0.25, -0.2) is 0 Å². The lowest BCUT2D eigenvalue weighted by Crippen LogP contribution is -2.28. The monoisotopic (exact) mass is 406 g/mol. The van der Waals surface area contributed by atoms with Crippen molar-refractivity contribution in [3.8, 4) is 21.9 Å². The fraction of sp³-hybridized carbons (Fsp3) is 0.476. The number of anilines is 1. The summed E-state index contributed by atoms with van der Waals surface area (Å²) in [6.45, 7) is 12.9. The molecule has 4 nitrogen and oxygen atoms in total. The number of benzene rings is 1. The van der Waals surface area contributed by atoms with Crippen LogP contribution in [-0.4, -0.2) is 37.8 Å². The minimum absolute atomic E-state index is 0.315. The lowest BCUT2D eigenvalue weighted by molar-refractivity contribution is 0.312. The highest BCUT2D eigenvalue weighted by Crippen LogP contribution is 2.46. The Hall–Kier alpha value is -1.79. The van der Waals surface area contributed by atoms with Crippen LogP contribution in [0.2, 0.25) is 0 Å². The van der Waals surface area contributed by atoms with E-state index in [1.54, 1.807) is 18.4 Å². The Morgan fingerprint density at radius 1 is 1.11 bits per heavy atom. The molecular weight excluding hydrogens is 376 g/mol. The number of thiophene rings is 1. The number of methoxy groups -OCH3 is 1. The fourth-order valence-corrected chi connectivity index (χ4v) is 4.34. The van der Waals surface area contributed by atoms with E-state index in [0.717, 1.165) is 50.6 Å². The van der Waals surface area contributed by atoms with Gasteiger partial charge in [-0.1, -0.05) is 12.2 Å². The van der Waals surface area contributed by atoms with Crippen LogP contribution in [0.4, 0.5) is 5.69 Å². The second-order valence-corrected chi connectivity index (χ2v) is 7.88. The van der Waals surface area contributed by atoms with Crippen molar-refractivity contribution in [3.63, 3.8) is 0 Å². The number of hydrogen-bond acceptors (Lipinski definition) is 5. The Bertz CT molecular complexity index is 768.